The van der Waals surface area contributed by atoms with Crippen LogP contribution < -0.4 is 10.9 Å². The van der Waals surface area contributed by atoms with E-state index < -0.39 is 0 Å². The zero-order valence-electron chi connectivity index (χ0n) is 14.4. The van der Waals surface area contributed by atoms with Crippen LogP contribution in [0.15, 0.2) is 23.0 Å². The maximum atomic E-state index is 12.4. The minimum atomic E-state index is 0.0308. The van der Waals surface area contributed by atoms with E-state index in [0.717, 1.165) is 18.5 Å². The third kappa shape index (κ3) is 4.17. The summed E-state index contributed by atoms with van der Waals surface area (Å²) in [5.74, 6) is 0.629. The Morgan fingerprint density at radius 1 is 1.33 bits per heavy atom. The predicted octanol–water partition coefficient (Wildman–Crippen LogP) is 1.76. The second-order valence-electron chi connectivity index (χ2n) is 6.77. The number of urea groups is 1. The molecule has 6 heteroatoms. The van der Waals surface area contributed by atoms with Gasteiger partial charge in [0.1, 0.15) is 0 Å². The van der Waals surface area contributed by atoms with E-state index in [4.69, 9.17) is 4.74 Å². The first-order chi connectivity index (χ1) is 11.7. The van der Waals surface area contributed by atoms with Crippen LogP contribution in [-0.2, 0) is 11.3 Å². The third-order valence-electron chi connectivity index (χ3n) is 4.95. The monoisotopic (exact) mass is 333 g/mol. The minimum Gasteiger partial charge on any atom is -0.377 e. The van der Waals surface area contributed by atoms with Crippen molar-refractivity contribution in [2.24, 2.45) is 5.92 Å². The van der Waals surface area contributed by atoms with Crippen molar-refractivity contribution in [2.75, 3.05) is 26.3 Å². The lowest BCUT2D eigenvalue weighted by Gasteiger charge is -2.35. The van der Waals surface area contributed by atoms with Crippen LogP contribution in [0.5, 0.6) is 0 Å². The molecule has 0 bridgehead atoms. The van der Waals surface area contributed by atoms with Crippen molar-refractivity contribution >= 4 is 6.03 Å². The van der Waals surface area contributed by atoms with Crippen LogP contribution in [-0.4, -0.2) is 47.8 Å². The second kappa shape index (κ2) is 7.83. The molecule has 1 N–H and O–H groups in total. The first kappa shape index (κ1) is 17.0. The van der Waals surface area contributed by atoms with Gasteiger partial charge in [0.15, 0.2) is 0 Å². The van der Waals surface area contributed by atoms with E-state index >= 15 is 0 Å². The molecule has 0 spiro atoms. The number of hydrogen-bond acceptors (Lipinski definition) is 3. The van der Waals surface area contributed by atoms with Crippen LogP contribution in [0.25, 0.3) is 0 Å². The second-order valence-corrected chi connectivity index (χ2v) is 6.77. The zero-order chi connectivity index (χ0) is 16.9. The lowest BCUT2D eigenvalue weighted by molar-refractivity contribution is 0.00473. The molecule has 1 aliphatic carbocycles. The number of nitrogens with zero attached hydrogens (tertiary/aromatic N) is 2. The summed E-state index contributed by atoms with van der Waals surface area (Å²) in [5.41, 5.74) is 1.02. The summed E-state index contributed by atoms with van der Waals surface area (Å²) in [6.45, 7) is 5.28. The number of ether oxygens (including phenoxy) is 1. The van der Waals surface area contributed by atoms with Crippen molar-refractivity contribution in [1.82, 2.24) is 14.8 Å². The standard InChI is InChI=1S/C18H27N3O3/c1-14-5-4-6-17(22)20(14)10-3-2-9-19-18(23)21-11-12-24-13-16(21)15-7-8-15/h4-6,15-16H,2-3,7-13H2,1H3,(H,19,23)/t16-/m1/s1. The van der Waals surface area contributed by atoms with Crippen molar-refractivity contribution in [1.29, 1.82) is 0 Å². The Morgan fingerprint density at radius 3 is 2.92 bits per heavy atom. The zero-order valence-corrected chi connectivity index (χ0v) is 14.4. The molecule has 24 heavy (non-hydrogen) atoms. The fraction of sp³-hybridized carbons (Fsp3) is 0.667. The Kier molecular flexibility index (Phi) is 5.56. The molecule has 2 amide bonds. The van der Waals surface area contributed by atoms with E-state index in [1.54, 1.807) is 16.7 Å². The molecule has 3 rings (SSSR count). The van der Waals surface area contributed by atoms with Crippen molar-refractivity contribution in [3.05, 3.63) is 34.2 Å². The molecule has 2 heterocycles. The Hall–Kier alpha value is -1.82. The van der Waals surface area contributed by atoms with Crippen LogP contribution in [0.1, 0.15) is 31.4 Å². The maximum Gasteiger partial charge on any atom is 0.317 e. The van der Waals surface area contributed by atoms with Gasteiger partial charge in [-0.25, -0.2) is 4.79 Å². The highest BCUT2D eigenvalue weighted by molar-refractivity contribution is 5.74. The molecule has 0 unspecified atom stereocenters. The van der Waals surface area contributed by atoms with Gasteiger partial charge in [-0.05, 0) is 44.6 Å². The van der Waals surface area contributed by atoms with Gasteiger partial charge < -0.3 is 19.5 Å². The first-order valence-electron chi connectivity index (χ1n) is 8.95. The smallest absolute Gasteiger partial charge is 0.317 e. The van der Waals surface area contributed by atoms with Gasteiger partial charge >= 0.3 is 6.03 Å². The lowest BCUT2D eigenvalue weighted by Crippen LogP contribution is -2.53. The van der Waals surface area contributed by atoms with Crippen LogP contribution in [0.4, 0.5) is 4.79 Å². The molecule has 1 aromatic rings. The summed E-state index contributed by atoms with van der Waals surface area (Å²) >= 11 is 0. The van der Waals surface area contributed by atoms with Crippen molar-refractivity contribution in [2.45, 2.75) is 45.2 Å². The Balaban J connectivity index is 1.40. The van der Waals surface area contributed by atoms with Gasteiger partial charge in [-0.1, -0.05) is 6.07 Å². The largest absolute Gasteiger partial charge is 0.377 e. The van der Waals surface area contributed by atoms with Crippen LogP contribution in [0.2, 0.25) is 0 Å². The predicted molar refractivity (Wildman–Crippen MR) is 92.1 cm³/mol. The number of amides is 2. The minimum absolute atomic E-state index is 0.0308. The summed E-state index contributed by atoms with van der Waals surface area (Å²) in [5, 5.41) is 3.02. The number of carbonyl (C=O) groups is 1. The molecule has 1 saturated carbocycles. The number of nitrogens with one attached hydrogen (secondary N) is 1. The summed E-state index contributed by atoms with van der Waals surface area (Å²) in [6.07, 6.45) is 4.16. The molecule has 2 aliphatic rings. The van der Waals surface area contributed by atoms with E-state index in [-0.39, 0.29) is 17.6 Å². The van der Waals surface area contributed by atoms with E-state index in [1.807, 2.05) is 17.9 Å². The van der Waals surface area contributed by atoms with Gasteiger partial charge in [-0.3, -0.25) is 4.79 Å². The fourth-order valence-corrected chi connectivity index (χ4v) is 3.35. The number of aromatic nitrogens is 1. The van der Waals surface area contributed by atoms with Gasteiger partial charge in [0, 0.05) is 31.4 Å². The molecule has 2 fully saturated rings. The molecule has 1 atom stereocenters. The topological polar surface area (TPSA) is 63.6 Å². The van der Waals surface area contributed by atoms with Gasteiger partial charge in [0.2, 0.25) is 0 Å². The number of unbranched alkanes of at least 4 members (excludes halogenated alkanes) is 1. The summed E-state index contributed by atoms with van der Waals surface area (Å²) in [7, 11) is 0. The van der Waals surface area contributed by atoms with Crippen molar-refractivity contribution in [3.63, 3.8) is 0 Å². The number of morpholine rings is 1. The molecule has 6 nitrogen and oxygen atoms in total. The molecular formula is C18H27N3O3. The summed E-state index contributed by atoms with van der Waals surface area (Å²) < 4.78 is 7.31. The quantitative estimate of drug-likeness (QED) is 0.807. The van der Waals surface area contributed by atoms with Gasteiger partial charge in [-0.15, -0.1) is 0 Å². The molecule has 132 valence electrons. The van der Waals surface area contributed by atoms with Gasteiger partial charge in [0.25, 0.3) is 5.56 Å². The lowest BCUT2D eigenvalue weighted by atomic mass is 10.1. The van der Waals surface area contributed by atoms with Crippen LogP contribution in [0.3, 0.4) is 0 Å². The molecule has 1 aliphatic heterocycles. The third-order valence-corrected chi connectivity index (χ3v) is 4.95. The molecule has 0 aromatic carbocycles. The average molecular weight is 333 g/mol. The highest BCUT2D eigenvalue weighted by Crippen LogP contribution is 2.36. The Morgan fingerprint density at radius 2 is 2.17 bits per heavy atom. The highest BCUT2D eigenvalue weighted by atomic mass is 16.5. The highest BCUT2D eigenvalue weighted by Gasteiger charge is 2.39. The Bertz CT molecular complexity index is 624. The van der Waals surface area contributed by atoms with E-state index in [2.05, 4.69) is 5.32 Å². The van der Waals surface area contributed by atoms with Crippen LogP contribution in [0, 0.1) is 12.8 Å². The molecule has 1 aromatic heterocycles. The number of aryl methyl sites for hydroxylation is 1. The van der Waals surface area contributed by atoms with Crippen LogP contribution >= 0.6 is 0 Å². The van der Waals surface area contributed by atoms with Crippen molar-refractivity contribution in [3.8, 4) is 0 Å². The Labute approximate surface area is 142 Å². The van der Waals surface area contributed by atoms with Gasteiger partial charge in [-0.2, -0.15) is 0 Å². The average Bonchev–Trinajstić information content (AvgIpc) is 3.41. The molecular weight excluding hydrogens is 306 g/mol. The summed E-state index contributed by atoms with van der Waals surface area (Å²) in [4.78, 5) is 26.1. The SMILES string of the molecule is Cc1cccc(=O)n1CCCCNC(=O)N1CCOC[C@@H]1C1CC1. The normalized spacial score (nSPS) is 20.9. The van der Waals surface area contributed by atoms with Gasteiger partial charge in [0.05, 0.1) is 19.3 Å². The number of rotatable bonds is 6. The fourth-order valence-electron chi connectivity index (χ4n) is 3.35. The van der Waals surface area contributed by atoms with E-state index in [9.17, 15) is 9.59 Å². The summed E-state index contributed by atoms with van der Waals surface area (Å²) in [6, 6.07) is 5.60. The van der Waals surface area contributed by atoms with Crippen molar-refractivity contribution < 1.29 is 9.53 Å². The number of hydrogen-bond donors (Lipinski definition) is 1. The van der Waals surface area contributed by atoms with E-state index in [1.165, 1.54) is 12.8 Å². The number of pyridine rings is 1. The molecule has 0 radical (unpaired) electrons. The number of carbonyl (C=O) groups excluding carboxylic acids is 1. The maximum absolute atomic E-state index is 12.4. The first-order valence-corrected chi connectivity index (χ1v) is 8.95. The molecule has 1 saturated heterocycles. The van der Waals surface area contributed by atoms with E-state index in [0.29, 0.717) is 38.8 Å².